The van der Waals surface area contributed by atoms with Crippen LogP contribution < -0.4 is 16.1 Å². The van der Waals surface area contributed by atoms with Crippen molar-refractivity contribution >= 4 is 40.6 Å². The molecule has 1 amide bonds. The number of likely N-dealkylation sites (N-methyl/N-ethyl adjacent to an activating group) is 1. The number of pyridine rings is 1. The Morgan fingerprint density at radius 2 is 1.85 bits per heavy atom. The van der Waals surface area contributed by atoms with E-state index in [1.54, 1.807) is 42.6 Å². The molecule has 3 N–H and O–H groups in total. The number of benzene rings is 1. The van der Waals surface area contributed by atoms with Crippen molar-refractivity contribution in [3.8, 4) is 0 Å². The molecular weight excluding hydrogens is 463 g/mol. The summed E-state index contributed by atoms with van der Waals surface area (Å²) in [4.78, 5) is 35.3. The van der Waals surface area contributed by atoms with Crippen LogP contribution in [0.25, 0.3) is 0 Å². The molecule has 1 fully saturated rings. The van der Waals surface area contributed by atoms with Crippen molar-refractivity contribution in [1.29, 1.82) is 0 Å². The number of aromatic nitrogens is 1. The summed E-state index contributed by atoms with van der Waals surface area (Å²) in [6.45, 7) is 3.22. The maximum absolute atomic E-state index is 13.6. The number of piperazine rings is 1. The van der Waals surface area contributed by atoms with Crippen molar-refractivity contribution in [1.82, 2.24) is 20.2 Å². The molecule has 0 atom stereocenters. The van der Waals surface area contributed by atoms with E-state index in [-0.39, 0.29) is 23.5 Å². The number of amides is 1. The molecular formula is C23H24Cl2N6O2. The van der Waals surface area contributed by atoms with Crippen LogP contribution in [-0.4, -0.2) is 66.4 Å². The average molecular weight is 487 g/mol. The Balaban J connectivity index is 1.80. The van der Waals surface area contributed by atoms with Crippen LogP contribution >= 0.6 is 23.2 Å². The molecule has 2 aliphatic rings. The quantitative estimate of drug-likeness (QED) is 0.495. The fraction of sp³-hybridized carbons (Fsp3) is 0.261. The normalized spacial score (nSPS) is 16.8. The number of carbonyl (C=O) groups is 2. The molecule has 0 bridgehead atoms. The molecule has 0 radical (unpaired) electrons. The van der Waals surface area contributed by atoms with E-state index in [4.69, 9.17) is 29.0 Å². The van der Waals surface area contributed by atoms with Crippen molar-refractivity contribution in [2.75, 3.05) is 44.7 Å². The molecule has 2 aromatic rings. The van der Waals surface area contributed by atoms with Gasteiger partial charge in [-0.05, 0) is 43.5 Å². The highest BCUT2D eigenvalue weighted by Crippen LogP contribution is 2.34. The van der Waals surface area contributed by atoms with Crippen LogP contribution in [0.2, 0.25) is 5.02 Å². The van der Waals surface area contributed by atoms with Crippen LogP contribution in [0.4, 0.5) is 5.69 Å². The summed E-state index contributed by atoms with van der Waals surface area (Å²) in [6.07, 6.45) is 6.35. The lowest BCUT2D eigenvalue weighted by Gasteiger charge is -2.36. The van der Waals surface area contributed by atoms with Crippen LogP contribution in [0, 0.1) is 0 Å². The van der Waals surface area contributed by atoms with Gasteiger partial charge in [0.25, 0.3) is 5.91 Å². The highest BCUT2D eigenvalue weighted by atomic mass is 35.5. The van der Waals surface area contributed by atoms with Gasteiger partial charge in [-0.2, -0.15) is 0 Å². The topological polar surface area (TPSA) is 94.8 Å². The van der Waals surface area contributed by atoms with Gasteiger partial charge in [0.15, 0.2) is 5.78 Å². The largest absolute Gasteiger partial charge is 0.367 e. The summed E-state index contributed by atoms with van der Waals surface area (Å²) in [5, 5.41) is 5.11. The van der Waals surface area contributed by atoms with Crippen LogP contribution in [0.3, 0.4) is 0 Å². The molecule has 0 saturated carbocycles. The molecule has 4 rings (SSSR count). The monoisotopic (exact) mass is 486 g/mol. The number of hydrazine groups is 1. The fourth-order valence-corrected chi connectivity index (χ4v) is 4.30. The standard InChI is InChI=1S/C23H24Cl2N6O2/c1-29-9-11-30(12-10-29)21-18(25)6-5-17(22(32)15-3-2-8-27-13-15)20(21)23(33)28-19-7-4-16(24)14-31(19)26/h2-8,13H,9-12,14,26H2,1H3,(H,28,33). The van der Waals surface area contributed by atoms with E-state index in [2.05, 4.69) is 15.2 Å². The Morgan fingerprint density at radius 3 is 2.52 bits per heavy atom. The molecule has 1 aromatic heterocycles. The van der Waals surface area contributed by atoms with Crippen LogP contribution in [0.15, 0.2) is 59.7 Å². The summed E-state index contributed by atoms with van der Waals surface area (Å²) < 4.78 is 0. The summed E-state index contributed by atoms with van der Waals surface area (Å²) in [7, 11) is 2.04. The maximum Gasteiger partial charge on any atom is 0.259 e. The van der Waals surface area contributed by atoms with E-state index in [1.165, 1.54) is 11.2 Å². The van der Waals surface area contributed by atoms with Gasteiger partial charge < -0.3 is 15.1 Å². The molecule has 0 aliphatic carbocycles. The van der Waals surface area contributed by atoms with Gasteiger partial charge in [-0.25, -0.2) is 5.84 Å². The first-order valence-electron chi connectivity index (χ1n) is 10.5. The minimum Gasteiger partial charge on any atom is -0.367 e. The van der Waals surface area contributed by atoms with Gasteiger partial charge in [-0.3, -0.25) is 19.6 Å². The summed E-state index contributed by atoms with van der Waals surface area (Å²) in [5.41, 5.74) is 1.36. The first-order valence-corrected chi connectivity index (χ1v) is 11.2. The van der Waals surface area contributed by atoms with Crippen molar-refractivity contribution in [2.45, 2.75) is 0 Å². The summed E-state index contributed by atoms with van der Waals surface area (Å²) in [6, 6.07) is 6.59. The molecule has 10 heteroatoms. The van der Waals surface area contributed by atoms with Gasteiger partial charge in [0, 0.05) is 54.7 Å². The zero-order chi connectivity index (χ0) is 23.5. The minimum absolute atomic E-state index is 0.204. The number of ketones is 1. The van der Waals surface area contributed by atoms with Crippen molar-refractivity contribution < 1.29 is 9.59 Å². The van der Waals surface area contributed by atoms with Gasteiger partial charge >= 0.3 is 0 Å². The average Bonchev–Trinajstić information content (AvgIpc) is 2.81. The number of allylic oxidation sites excluding steroid dienone is 2. The van der Waals surface area contributed by atoms with E-state index in [1.807, 2.05) is 11.9 Å². The molecule has 0 unspecified atom stereocenters. The molecule has 33 heavy (non-hydrogen) atoms. The van der Waals surface area contributed by atoms with Gasteiger partial charge in [-0.15, -0.1) is 0 Å². The van der Waals surface area contributed by atoms with Gasteiger partial charge in [0.1, 0.15) is 5.82 Å². The number of nitrogens with one attached hydrogen (secondary N) is 1. The van der Waals surface area contributed by atoms with Crippen LogP contribution in [-0.2, 0) is 0 Å². The molecule has 8 nitrogen and oxygen atoms in total. The van der Waals surface area contributed by atoms with E-state index in [0.717, 1.165) is 13.1 Å². The second kappa shape index (κ2) is 9.93. The summed E-state index contributed by atoms with van der Waals surface area (Å²) in [5.74, 6) is 5.59. The van der Waals surface area contributed by atoms with Gasteiger partial charge in [-0.1, -0.05) is 23.2 Å². The third-order valence-electron chi connectivity index (χ3n) is 5.64. The number of hydrogen-bond donors (Lipinski definition) is 2. The number of nitrogens with two attached hydrogens (primary N) is 1. The molecule has 2 aliphatic heterocycles. The summed E-state index contributed by atoms with van der Waals surface area (Å²) >= 11 is 12.6. The highest BCUT2D eigenvalue weighted by molar-refractivity contribution is 6.35. The number of carbonyl (C=O) groups excluding carboxylic acids is 2. The fourth-order valence-electron chi connectivity index (χ4n) is 3.83. The highest BCUT2D eigenvalue weighted by Gasteiger charge is 2.29. The predicted molar refractivity (Wildman–Crippen MR) is 129 cm³/mol. The maximum atomic E-state index is 13.6. The Kier molecular flexibility index (Phi) is 6.99. The second-order valence-electron chi connectivity index (χ2n) is 7.93. The molecule has 172 valence electrons. The first-order chi connectivity index (χ1) is 15.8. The Labute approximate surface area is 202 Å². The van der Waals surface area contributed by atoms with Gasteiger partial charge in [0.05, 0.1) is 22.8 Å². The number of halogens is 2. The third-order valence-corrected chi connectivity index (χ3v) is 6.19. The molecule has 3 heterocycles. The second-order valence-corrected chi connectivity index (χ2v) is 8.82. The first kappa shape index (κ1) is 23.3. The number of anilines is 1. The SMILES string of the molecule is CN1CCN(c2c(Cl)ccc(C(=O)c3cccnc3)c2C(=O)NC2=CC=C(Cl)CN2N)CC1. The van der Waals surface area contributed by atoms with Crippen LogP contribution in [0.1, 0.15) is 26.3 Å². The van der Waals surface area contributed by atoms with E-state index in [9.17, 15) is 9.59 Å². The lowest BCUT2D eigenvalue weighted by Crippen LogP contribution is -2.46. The van der Waals surface area contributed by atoms with Crippen molar-refractivity contribution in [2.24, 2.45) is 5.84 Å². The predicted octanol–water partition coefficient (Wildman–Crippen LogP) is 2.60. The van der Waals surface area contributed by atoms with E-state index >= 15 is 0 Å². The van der Waals surface area contributed by atoms with E-state index < -0.39 is 5.91 Å². The molecule has 0 spiro atoms. The van der Waals surface area contributed by atoms with E-state index in [0.29, 0.717) is 40.2 Å². The lowest BCUT2D eigenvalue weighted by atomic mass is 9.96. The smallest absolute Gasteiger partial charge is 0.259 e. The Hall–Kier alpha value is -2.91. The van der Waals surface area contributed by atoms with Crippen LogP contribution in [0.5, 0.6) is 0 Å². The third kappa shape index (κ3) is 5.04. The molecule has 1 aromatic carbocycles. The van der Waals surface area contributed by atoms with Gasteiger partial charge in [0.2, 0.25) is 0 Å². The Bertz CT molecular complexity index is 1130. The number of rotatable bonds is 5. The zero-order valence-corrected chi connectivity index (χ0v) is 19.6. The Morgan fingerprint density at radius 1 is 1.09 bits per heavy atom. The van der Waals surface area contributed by atoms with Crippen molar-refractivity contribution in [3.63, 3.8) is 0 Å². The van der Waals surface area contributed by atoms with Crippen molar-refractivity contribution in [3.05, 3.63) is 81.4 Å². The minimum atomic E-state index is -0.480. The number of nitrogens with zero attached hydrogens (tertiary/aromatic N) is 4. The lowest BCUT2D eigenvalue weighted by molar-refractivity contribution is 0.0940. The zero-order valence-electron chi connectivity index (χ0n) is 18.1. The number of hydrogen-bond acceptors (Lipinski definition) is 7. The molecule has 1 saturated heterocycles.